The second kappa shape index (κ2) is 7.25. The van der Waals surface area contributed by atoms with E-state index in [0.717, 1.165) is 12.2 Å². The topological polar surface area (TPSA) is 32.3 Å². The summed E-state index contributed by atoms with van der Waals surface area (Å²) in [4.78, 5) is 13.4. The smallest absolute Gasteiger partial charge is 0.227 e. The number of benzene rings is 1. The summed E-state index contributed by atoms with van der Waals surface area (Å²) in [6.07, 6.45) is 0.529. The molecule has 1 amide bonds. The van der Waals surface area contributed by atoms with E-state index in [2.05, 4.69) is 5.32 Å². The lowest BCUT2D eigenvalue weighted by Gasteiger charge is -2.17. The van der Waals surface area contributed by atoms with Gasteiger partial charge in [-0.3, -0.25) is 4.79 Å². The maximum absolute atomic E-state index is 11.7. The van der Waals surface area contributed by atoms with E-state index in [1.807, 2.05) is 45.3 Å². The summed E-state index contributed by atoms with van der Waals surface area (Å²) < 4.78 is 0. The van der Waals surface area contributed by atoms with Gasteiger partial charge in [-0.15, -0.1) is 12.4 Å². The molecular weight excluding hydrogens is 224 g/mol. The fourth-order valence-electron chi connectivity index (χ4n) is 1.31. The van der Waals surface area contributed by atoms with E-state index in [0.29, 0.717) is 6.42 Å². The normalized spacial score (nSPS) is 9.44. The van der Waals surface area contributed by atoms with Crippen LogP contribution in [0.2, 0.25) is 0 Å². The molecule has 0 atom stereocenters. The van der Waals surface area contributed by atoms with Gasteiger partial charge in [0.15, 0.2) is 0 Å². The largest absolute Gasteiger partial charge is 0.319 e. The van der Waals surface area contributed by atoms with Crippen molar-refractivity contribution < 1.29 is 4.79 Å². The fraction of sp³-hybridized carbons (Fsp3) is 0.417. The van der Waals surface area contributed by atoms with Gasteiger partial charge in [-0.05, 0) is 26.1 Å². The average Bonchev–Trinajstić information content (AvgIpc) is 2.26. The number of carbonyl (C=O) groups excluding carboxylic acids is 1. The number of nitrogens with one attached hydrogen (secondary N) is 1. The molecule has 90 valence electrons. The molecule has 1 aromatic rings. The third-order valence-electron chi connectivity index (χ3n) is 2.38. The van der Waals surface area contributed by atoms with Crippen LogP contribution in [0.15, 0.2) is 24.3 Å². The number of carbonyl (C=O) groups is 1. The zero-order chi connectivity index (χ0) is 11.3. The molecule has 0 aliphatic carbocycles. The highest BCUT2D eigenvalue weighted by molar-refractivity contribution is 5.92. The van der Waals surface area contributed by atoms with Gasteiger partial charge in [0.1, 0.15) is 0 Å². The summed E-state index contributed by atoms with van der Waals surface area (Å²) in [5.41, 5.74) is 2.15. The number of halogens is 1. The van der Waals surface area contributed by atoms with Crippen LogP contribution in [0.3, 0.4) is 0 Å². The van der Waals surface area contributed by atoms with Crippen molar-refractivity contribution in [3.63, 3.8) is 0 Å². The van der Waals surface area contributed by atoms with Gasteiger partial charge in [0, 0.05) is 25.7 Å². The molecule has 0 radical (unpaired) electrons. The summed E-state index contributed by atoms with van der Waals surface area (Å²) in [6.45, 7) is 2.75. The van der Waals surface area contributed by atoms with Crippen LogP contribution in [0.5, 0.6) is 0 Å². The summed E-state index contributed by atoms with van der Waals surface area (Å²) >= 11 is 0. The quantitative estimate of drug-likeness (QED) is 0.876. The van der Waals surface area contributed by atoms with Gasteiger partial charge >= 0.3 is 0 Å². The molecular formula is C12H19ClN2O. The standard InChI is InChI=1S/C12H18N2O.ClH/c1-10-4-6-11(7-5-10)14(3)12(15)8-9-13-2;/h4-7,13H,8-9H2,1-3H3;1H. The van der Waals surface area contributed by atoms with Crippen molar-refractivity contribution in [1.29, 1.82) is 0 Å². The van der Waals surface area contributed by atoms with Crippen LogP contribution < -0.4 is 10.2 Å². The molecule has 0 spiro atoms. The fourth-order valence-corrected chi connectivity index (χ4v) is 1.31. The van der Waals surface area contributed by atoms with Crippen molar-refractivity contribution in [3.05, 3.63) is 29.8 Å². The highest BCUT2D eigenvalue weighted by Gasteiger charge is 2.09. The van der Waals surface area contributed by atoms with Crippen LogP contribution in [0.4, 0.5) is 5.69 Å². The molecule has 0 aliphatic heterocycles. The first kappa shape index (κ1) is 14.9. The lowest BCUT2D eigenvalue weighted by Crippen LogP contribution is -2.28. The van der Waals surface area contributed by atoms with Crippen LogP contribution in [0.1, 0.15) is 12.0 Å². The summed E-state index contributed by atoms with van der Waals surface area (Å²) in [5.74, 6) is 0.133. The van der Waals surface area contributed by atoms with Crippen LogP contribution >= 0.6 is 12.4 Å². The van der Waals surface area contributed by atoms with E-state index in [1.54, 1.807) is 4.90 Å². The minimum absolute atomic E-state index is 0. The predicted molar refractivity (Wildman–Crippen MR) is 70.4 cm³/mol. The Morgan fingerprint density at radius 1 is 1.31 bits per heavy atom. The maximum Gasteiger partial charge on any atom is 0.227 e. The highest BCUT2D eigenvalue weighted by Crippen LogP contribution is 2.13. The zero-order valence-corrected chi connectivity index (χ0v) is 10.8. The molecule has 3 nitrogen and oxygen atoms in total. The molecule has 0 fully saturated rings. The first-order chi connectivity index (χ1) is 7.15. The van der Waals surface area contributed by atoms with E-state index in [9.17, 15) is 4.79 Å². The molecule has 0 aromatic heterocycles. The molecule has 1 rings (SSSR count). The average molecular weight is 243 g/mol. The molecule has 0 unspecified atom stereocenters. The Bertz CT molecular complexity index is 324. The lowest BCUT2D eigenvalue weighted by molar-refractivity contribution is -0.118. The molecule has 0 saturated carbocycles. The zero-order valence-electron chi connectivity index (χ0n) is 9.99. The predicted octanol–water partition coefficient (Wildman–Crippen LogP) is 1.99. The lowest BCUT2D eigenvalue weighted by atomic mass is 10.2. The Morgan fingerprint density at radius 2 is 1.88 bits per heavy atom. The van der Waals surface area contributed by atoms with E-state index in [-0.39, 0.29) is 18.3 Å². The van der Waals surface area contributed by atoms with Gasteiger partial charge in [0.05, 0.1) is 0 Å². The Labute approximate surface area is 103 Å². The van der Waals surface area contributed by atoms with Gasteiger partial charge in [-0.1, -0.05) is 17.7 Å². The number of amides is 1. The second-order valence-corrected chi connectivity index (χ2v) is 3.64. The molecule has 0 heterocycles. The van der Waals surface area contributed by atoms with Crippen LogP contribution in [0.25, 0.3) is 0 Å². The van der Waals surface area contributed by atoms with E-state index in [4.69, 9.17) is 0 Å². The molecule has 0 saturated heterocycles. The molecule has 0 bridgehead atoms. The molecule has 1 N–H and O–H groups in total. The van der Waals surface area contributed by atoms with Crippen molar-refractivity contribution >= 4 is 24.0 Å². The van der Waals surface area contributed by atoms with Crippen molar-refractivity contribution in [1.82, 2.24) is 5.32 Å². The van der Waals surface area contributed by atoms with Crippen LogP contribution in [-0.4, -0.2) is 26.5 Å². The van der Waals surface area contributed by atoms with Gasteiger partial charge in [-0.25, -0.2) is 0 Å². The van der Waals surface area contributed by atoms with E-state index in [1.165, 1.54) is 5.56 Å². The monoisotopic (exact) mass is 242 g/mol. The Morgan fingerprint density at radius 3 is 2.38 bits per heavy atom. The van der Waals surface area contributed by atoms with Crippen molar-refractivity contribution in [3.8, 4) is 0 Å². The minimum atomic E-state index is 0. The minimum Gasteiger partial charge on any atom is -0.319 e. The molecule has 16 heavy (non-hydrogen) atoms. The Kier molecular flexibility index (Phi) is 6.77. The first-order valence-corrected chi connectivity index (χ1v) is 5.13. The SMILES string of the molecule is CNCCC(=O)N(C)c1ccc(C)cc1.Cl. The summed E-state index contributed by atoms with van der Waals surface area (Å²) in [7, 11) is 3.65. The summed E-state index contributed by atoms with van der Waals surface area (Å²) in [6, 6.07) is 7.95. The third-order valence-corrected chi connectivity index (χ3v) is 2.38. The van der Waals surface area contributed by atoms with Crippen LogP contribution in [0, 0.1) is 6.92 Å². The molecule has 4 heteroatoms. The number of anilines is 1. The third kappa shape index (κ3) is 4.21. The Hall–Kier alpha value is -1.06. The van der Waals surface area contributed by atoms with E-state index < -0.39 is 0 Å². The maximum atomic E-state index is 11.7. The number of rotatable bonds is 4. The number of hydrogen-bond acceptors (Lipinski definition) is 2. The summed E-state index contributed by atoms with van der Waals surface area (Å²) in [5, 5.41) is 2.97. The first-order valence-electron chi connectivity index (χ1n) is 5.13. The highest BCUT2D eigenvalue weighted by atomic mass is 35.5. The van der Waals surface area contributed by atoms with Gasteiger partial charge < -0.3 is 10.2 Å². The van der Waals surface area contributed by atoms with Crippen molar-refractivity contribution in [2.45, 2.75) is 13.3 Å². The molecule has 1 aromatic carbocycles. The van der Waals surface area contributed by atoms with Crippen molar-refractivity contribution in [2.24, 2.45) is 0 Å². The number of nitrogens with zero attached hydrogens (tertiary/aromatic N) is 1. The van der Waals surface area contributed by atoms with Gasteiger partial charge in [0.2, 0.25) is 5.91 Å². The second-order valence-electron chi connectivity index (χ2n) is 3.64. The van der Waals surface area contributed by atoms with Gasteiger partial charge in [0.25, 0.3) is 0 Å². The Balaban J connectivity index is 0.00000225. The molecule has 0 aliphatic rings. The number of aryl methyl sites for hydroxylation is 1. The van der Waals surface area contributed by atoms with E-state index >= 15 is 0 Å². The number of hydrogen-bond donors (Lipinski definition) is 1. The van der Waals surface area contributed by atoms with Crippen molar-refractivity contribution in [2.75, 3.05) is 25.5 Å². The van der Waals surface area contributed by atoms with Crippen LogP contribution in [-0.2, 0) is 4.79 Å². The van der Waals surface area contributed by atoms with Gasteiger partial charge in [-0.2, -0.15) is 0 Å².